The molecule has 1 fully saturated rings. The Bertz CT molecular complexity index is 1780. The Morgan fingerprint density at radius 3 is 2.38 bits per heavy atom. The van der Waals surface area contributed by atoms with Gasteiger partial charge in [-0.15, -0.1) is 0 Å². The third kappa shape index (κ3) is 9.65. The predicted molar refractivity (Wildman–Crippen MR) is 184 cm³/mol. The Labute approximate surface area is 282 Å². The molecule has 1 aliphatic heterocycles. The number of benzene rings is 4. The van der Waals surface area contributed by atoms with E-state index < -0.39 is 11.7 Å². The summed E-state index contributed by atoms with van der Waals surface area (Å²) in [6, 6.07) is 29.1. The van der Waals surface area contributed by atoms with Crippen LogP contribution in [0.1, 0.15) is 41.6 Å². The molecule has 47 heavy (non-hydrogen) atoms. The molecule has 11 heteroatoms. The van der Waals surface area contributed by atoms with E-state index in [2.05, 4.69) is 37.1 Å². The van der Waals surface area contributed by atoms with Gasteiger partial charge in [0.1, 0.15) is 5.82 Å². The lowest BCUT2D eigenvalue weighted by Gasteiger charge is -2.38. The maximum Gasteiger partial charge on any atom is 0.413 e. The minimum atomic E-state index is -0.801. The molecule has 244 valence electrons. The van der Waals surface area contributed by atoms with Crippen LogP contribution < -0.4 is 5.32 Å². The van der Waals surface area contributed by atoms with Crippen LogP contribution >= 0.6 is 23.4 Å². The van der Waals surface area contributed by atoms with Gasteiger partial charge in [-0.3, -0.25) is 10.1 Å². The van der Waals surface area contributed by atoms with Crippen LogP contribution in [0, 0.1) is 5.82 Å². The number of carbonyl (C=O) groups excluding carboxylic acids is 2. The van der Waals surface area contributed by atoms with Crippen LogP contribution in [0.15, 0.2) is 107 Å². The summed E-state index contributed by atoms with van der Waals surface area (Å²) in [4.78, 5) is 35.2. The fraction of sp³-hybridized carbons (Fsp3) is 0.250. The second-order valence-corrected chi connectivity index (χ2v) is 12.8. The van der Waals surface area contributed by atoms with E-state index in [-0.39, 0.29) is 11.6 Å². The van der Waals surface area contributed by atoms with Crippen LogP contribution in [0.25, 0.3) is 11.0 Å². The third-order valence-electron chi connectivity index (χ3n) is 7.95. The van der Waals surface area contributed by atoms with Gasteiger partial charge in [0.15, 0.2) is 5.78 Å². The summed E-state index contributed by atoms with van der Waals surface area (Å²) in [7, 11) is 1.31. The van der Waals surface area contributed by atoms with Crippen molar-refractivity contribution in [3.05, 3.63) is 119 Å². The number of piperidine rings is 1. The zero-order valence-corrected chi connectivity index (χ0v) is 27.5. The number of carbonyl (C=O) groups is 2. The van der Waals surface area contributed by atoms with Gasteiger partial charge in [-0.25, -0.2) is 14.2 Å². The number of ether oxygens (including phenoxy) is 1. The van der Waals surface area contributed by atoms with Gasteiger partial charge in [-0.1, -0.05) is 53.7 Å². The number of H-pyrrole nitrogens is 1. The molecule has 4 aromatic carbocycles. The highest BCUT2D eigenvalue weighted by molar-refractivity contribution is 7.99. The largest absolute Gasteiger partial charge is 0.453 e. The first-order valence-electron chi connectivity index (χ1n) is 15.3. The molecule has 0 saturated carbocycles. The molecule has 2 heterocycles. The molecule has 8 nitrogen and oxygen atoms in total. The number of rotatable bonds is 9. The fourth-order valence-corrected chi connectivity index (χ4v) is 6.33. The molecule has 1 saturated heterocycles. The van der Waals surface area contributed by atoms with Crippen molar-refractivity contribution in [1.29, 1.82) is 0 Å². The van der Waals surface area contributed by atoms with Gasteiger partial charge < -0.3 is 19.7 Å². The molecule has 1 aromatic heterocycles. The highest BCUT2D eigenvalue weighted by Crippen LogP contribution is 2.33. The van der Waals surface area contributed by atoms with E-state index in [9.17, 15) is 19.1 Å². The number of imidazole rings is 1. The molecule has 6 rings (SSSR count). The van der Waals surface area contributed by atoms with Crippen molar-refractivity contribution in [1.82, 2.24) is 14.9 Å². The number of aliphatic hydroxyl groups is 1. The fourth-order valence-electron chi connectivity index (χ4n) is 5.32. The zero-order chi connectivity index (χ0) is 33.2. The molecule has 0 aliphatic carbocycles. The molecule has 0 radical (unpaired) electrons. The standard InChI is InChI=1S/C21H23ClFNO2.C15H13N3O2S/c22-18-7-5-17(6-8-18)21(26)11-14-24(15-12-21)13-1-2-20(25)16-3-9-19(23)10-4-16;1-20-15(19)18-14-16-12-8-7-11(9-13(12)17-14)21-10-5-3-2-4-6-10/h3-10,26H,1-2,11-15H2;2-9H,1H3,(H2,16,17,18,19). The summed E-state index contributed by atoms with van der Waals surface area (Å²) >= 11 is 7.59. The number of halogens is 2. The van der Waals surface area contributed by atoms with E-state index in [1.54, 1.807) is 11.8 Å². The van der Waals surface area contributed by atoms with E-state index in [4.69, 9.17) is 11.6 Å². The number of hydrogen-bond acceptors (Lipinski definition) is 7. The Morgan fingerprint density at radius 2 is 1.70 bits per heavy atom. The van der Waals surface area contributed by atoms with Gasteiger partial charge in [-0.05, 0) is 98.1 Å². The SMILES string of the molecule is COC(=O)Nc1nc2ccc(Sc3ccccc3)cc2[nH]1.O=C(CCCN1CCC(O)(c2ccc(Cl)cc2)CC1)c1ccc(F)cc1. The van der Waals surface area contributed by atoms with Gasteiger partial charge in [0, 0.05) is 39.9 Å². The lowest BCUT2D eigenvalue weighted by molar-refractivity contribution is -0.0260. The van der Waals surface area contributed by atoms with E-state index in [0.717, 1.165) is 47.5 Å². The van der Waals surface area contributed by atoms with E-state index in [1.165, 1.54) is 36.3 Å². The molecule has 0 atom stereocenters. The Kier molecular flexibility index (Phi) is 11.7. The summed E-state index contributed by atoms with van der Waals surface area (Å²) < 4.78 is 17.4. The molecular weight excluding hydrogens is 639 g/mol. The highest BCUT2D eigenvalue weighted by atomic mass is 35.5. The molecular formula is C36H36ClFN4O4S. The number of aromatic amines is 1. The van der Waals surface area contributed by atoms with Crippen molar-refractivity contribution in [3.8, 4) is 0 Å². The second-order valence-electron chi connectivity index (χ2n) is 11.2. The van der Waals surface area contributed by atoms with Crippen molar-refractivity contribution in [2.75, 3.05) is 32.1 Å². The van der Waals surface area contributed by atoms with Gasteiger partial charge >= 0.3 is 6.09 Å². The normalized spacial score (nSPS) is 14.2. The number of fused-ring (bicyclic) bond motifs is 1. The zero-order valence-electron chi connectivity index (χ0n) is 25.9. The molecule has 5 aromatic rings. The molecule has 1 aliphatic rings. The van der Waals surface area contributed by atoms with Crippen molar-refractivity contribution >= 4 is 52.2 Å². The van der Waals surface area contributed by atoms with Crippen LogP contribution in [-0.2, 0) is 10.3 Å². The Morgan fingerprint density at radius 1 is 1.00 bits per heavy atom. The lowest BCUT2D eigenvalue weighted by Crippen LogP contribution is -2.42. The van der Waals surface area contributed by atoms with E-state index in [0.29, 0.717) is 35.8 Å². The van der Waals surface area contributed by atoms with Crippen molar-refractivity contribution in [2.24, 2.45) is 0 Å². The number of aromatic nitrogens is 2. The highest BCUT2D eigenvalue weighted by Gasteiger charge is 2.33. The molecule has 0 spiro atoms. The maximum absolute atomic E-state index is 12.9. The topological polar surface area (TPSA) is 108 Å². The maximum atomic E-state index is 12.9. The van der Waals surface area contributed by atoms with Crippen LogP contribution in [0.5, 0.6) is 0 Å². The number of anilines is 1. The molecule has 0 bridgehead atoms. The van der Waals surface area contributed by atoms with E-state index >= 15 is 0 Å². The third-order valence-corrected chi connectivity index (χ3v) is 9.20. The van der Waals surface area contributed by atoms with Crippen LogP contribution in [0.4, 0.5) is 15.1 Å². The first-order chi connectivity index (χ1) is 22.7. The number of likely N-dealkylation sites (tertiary alicyclic amines) is 1. The second kappa shape index (κ2) is 16.1. The number of methoxy groups -OCH3 is 1. The van der Waals surface area contributed by atoms with Gasteiger partial charge in [0.25, 0.3) is 0 Å². The average Bonchev–Trinajstić information content (AvgIpc) is 3.48. The summed E-state index contributed by atoms with van der Waals surface area (Å²) in [5.74, 6) is 0.0847. The summed E-state index contributed by atoms with van der Waals surface area (Å²) in [6.45, 7) is 2.41. The first kappa shape index (κ1) is 34.1. The first-order valence-corrected chi connectivity index (χ1v) is 16.5. The van der Waals surface area contributed by atoms with Crippen LogP contribution in [0.3, 0.4) is 0 Å². The minimum absolute atomic E-state index is 0.0414. The van der Waals surface area contributed by atoms with Gasteiger partial charge in [-0.2, -0.15) is 0 Å². The Hall–Kier alpha value is -4.22. The number of nitrogens with one attached hydrogen (secondary N) is 2. The van der Waals surface area contributed by atoms with Crippen molar-refractivity contribution < 1.29 is 23.8 Å². The van der Waals surface area contributed by atoms with Gasteiger partial charge in [0.05, 0.1) is 23.7 Å². The van der Waals surface area contributed by atoms with E-state index in [1.807, 2.05) is 60.7 Å². The van der Waals surface area contributed by atoms with Crippen molar-refractivity contribution in [3.63, 3.8) is 0 Å². The molecule has 3 N–H and O–H groups in total. The van der Waals surface area contributed by atoms with Crippen LogP contribution in [0.2, 0.25) is 5.02 Å². The quantitative estimate of drug-likeness (QED) is 0.135. The average molecular weight is 675 g/mol. The number of amides is 1. The number of Topliss-reactive ketones (excluding diaryl/α,β-unsaturated/α-hetero) is 1. The molecule has 0 unspecified atom stereocenters. The van der Waals surface area contributed by atoms with Gasteiger partial charge in [0.2, 0.25) is 5.95 Å². The Balaban J connectivity index is 0.000000189. The predicted octanol–water partition coefficient (Wildman–Crippen LogP) is 8.32. The summed E-state index contributed by atoms with van der Waals surface area (Å²) in [6.07, 6.45) is 1.99. The number of nitrogens with zero attached hydrogens (tertiary/aromatic N) is 2. The lowest BCUT2D eigenvalue weighted by atomic mass is 9.84. The van der Waals surface area contributed by atoms with Crippen LogP contribution in [-0.4, -0.2) is 58.6 Å². The number of hydrogen-bond donors (Lipinski definition) is 3. The minimum Gasteiger partial charge on any atom is -0.453 e. The monoisotopic (exact) mass is 674 g/mol. The molecule has 1 amide bonds. The van der Waals surface area contributed by atoms with Crippen molar-refractivity contribution in [2.45, 2.75) is 41.1 Å². The number of ketones is 1. The smallest absolute Gasteiger partial charge is 0.413 e. The summed E-state index contributed by atoms with van der Waals surface area (Å²) in [5.41, 5.74) is 2.32. The summed E-state index contributed by atoms with van der Waals surface area (Å²) in [5, 5.41) is 14.1.